The highest BCUT2D eigenvalue weighted by Gasteiger charge is 2.56. The van der Waals surface area contributed by atoms with Gasteiger partial charge in [0.2, 0.25) is 5.28 Å². The molecule has 0 spiro atoms. The van der Waals surface area contributed by atoms with Crippen LogP contribution in [0.15, 0.2) is 6.33 Å². The average Bonchev–Trinajstić information content (AvgIpc) is 3.39. The lowest BCUT2D eigenvalue weighted by Gasteiger charge is -2.34. The lowest BCUT2D eigenvalue weighted by atomic mass is 10.2. The normalized spacial score (nSPS) is 20.8. The average molecular weight is 525 g/mol. The number of hydrogen-bond acceptors (Lipinski definition) is 10. The number of carbonyl (C=O) groups is 1. The van der Waals surface area contributed by atoms with Crippen molar-refractivity contribution in [1.29, 1.82) is 0 Å². The first-order valence-corrected chi connectivity index (χ1v) is 12.9. The van der Waals surface area contributed by atoms with Crippen LogP contribution < -0.4 is 0 Å². The third-order valence-corrected chi connectivity index (χ3v) is 8.06. The van der Waals surface area contributed by atoms with Crippen LogP contribution in [0.4, 0.5) is 0 Å². The van der Waals surface area contributed by atoms with Crippen LogP contribution >= 0.6 is 30.8 Å². The number of esters is 1. The van der Waals surface area contributed by atoms with Crippen LogP contribution in [0.1, 0.15) is 46.8 Å². The standard InChI is InChI=1S/C19H27Cl2N4O7P/c1-5-28-17(26)19(4,33(27,30-6-2)31-7-3)29-10-12-8-9-13(32-12)25-11-22-14-15(20)23-18(21)24-16(14)25/h11-13H,5-10H2,1-4H3/t12-,13?,19?/m0/s1. The number of aromatic nitrogens is 4. The van der Waals surface area contributed by atoms with E-state index in [0.29, 0.717) is 24.0 Å². The number of rotatable bonds is 11. The third kappa shape index (κ3) is 5.35. The number of nitrogens with zero attached hydrogens (tertiary/aromatic N) is 4. The summed E-state index contributed by atoms with van der Waals surface area (Å²) in [4.78, 5) is 25.1. The minimum atomic E-state index is -4.00. The van der Waals surface area contributed by atoms with Gasteiger partial charge in [-0.15, -0.1) is 0 Å². The predicted octanol–water partition coefficient (Wildman–Crippen LogP) is 4.37. The van der Waals surface area contributed by atoms with Crippen LogP contribution in [0.3, 0.4) is 0 Å². The third-order valence-electron chi connectivity index (χ3n) is 5.07. The molecule has 0 saturated carbocycles. The molecule has 11 nitrogen and oxygen atoms in total. The molecule has 3 atom stereocenters. The molecule has 2 unspecified atom stereocenters. The highest BCUT2D eigenvalue weighted by atomic mass is 35.5. The fraction of sp³-hybridized carbons (Fsp3) is 0.684. The Morgan fingerprint density at radius 1 is 1.21 bits per heavy atom. The zero-order valence-electron chi connectivity index (χ0n) is 18.8. The van der Waals surface area contributed by atoms with E-state index in [1.165, 1.54) is 6.92 Å². The highest BCUT2D eigenvalue weighted by molar-refractivity contribution is 7.56. The summed E-state index contributed by atoms with van der Waals surface area (Å²) in [5, 5.41) is -1.80. The molecule has 0 N–H and O–H groups in total. The highest BCUT2D eigenvalue weighted by Crippen LogP contribution is 2.61. The van der Waals surface area contributed by atoms with Crippen LogP contribution in [0.2, 0.25) is 10.4 Å². The van der Waals surface area contributed by atoms with Crippen LogP contribution in [0.5, 0.6) is 0 Å². The molecule has 0 bridgehead atoms. The van der Waals surface area contributed by atoms with Crippen molar-refractivity contribution in [2.24, 2.45) is 0 Å². The SMILES string of the molecule is CCOC(=O)C(C)(OC[C@@H]1CCC(n2cnc3c(Cl)nc(Cl)nc32)O1)P(=O)(OCC)OCC. The zero-order chi connectivity index (χ0) is 24.2. The fourth-order valence-electron chi connectivity index (χ4n) is 3.48. The van der Waals surface area contributed by atoms with Crippen molar-refractivity contribution in [2.45, 2.75) is 58.2 Å². The predicted molar refractivity (Wildman–Crippen MR) is 120 cm³/mol. The molecule has 0 radical (unpaired) electrons. The van der Waals surface area contributed by atoms with Crippen molar-refractivity contribution in [3.63, 3.8) is 0 Å². The maximum Gasteiger partial charge on any atom is 0.373 e. The Morgan fingerprint density at radius 2 is 1.91 bits per heavy atom. The van der Waals surface area contributed by atoms with E-state index in [4.69, 9.17) is 46.5 Å². The van der Waals surface area contributed by atoms with Crippen LogP contribution in [-0.2, 0) is 32.6 Å². The van der Waals surface area contributed by atoms with E-state index in [0.717, 1.165) is 0 Å². The molecule has 1 aliphatic rings. The summed E-state index contributed by atoms with van der Waals surface area (Å²) in [6.07, 6.45) is 1.94. The molecule has 1 fully saturated rings. The largest absolute Gasteiger partial charge is 0.463 e. The zero-order valence-corrected chi connectivity index (χ0v) is 21.2. The van der Waals surface area contributed by atoms with Gasteiger partial charge in [0.05, 0.1) is 38.9 Å². The van der Waals surface area contributed by atoms with Crippen molar-refractivity contribution in [1.82, 2.24) is 19.5 Å². The molecule has 0 aromatic carbocycles. The molecule has 0 amide bonds. The van der Waals surface area contributed by atoms with E-state index in [1.54, 1.807) is 31.7 Å². The van der Waals surface area contributed by atoms with Gasteiger partial charge in [0.25, 0.3) is 5.34 Å². The van der Waals surface area contributed by atoms with Crippen LogP contribution in [0, 0.1) is 0 Å². The summed E-state index contributed by atoms with van der Waals surface area (Å²) in [7, 11) is -4.00. The smallest absolute Gasteiger partial charge is 0.373 e. The van der Waals surface area contributed by atoms with Gasteiger partial charge >= 0.3 is 13.6 Å². The van der Waals surface area contributed by atoms with E-state index in [-0.39, 0.29) is 36.9 Å². The molecule has 0 aliphatic carbocycles. The van der Waals surface area contributed by atoms with Gasteiger partial charge in [-0.3, -0.25) is 9.13 Å². The second-order valence-corrected chi connectivity index (χ2v) is 10.3. The first kappa shape index (κ1) is 26.3. The summed E-state index contributed by atoms with van der Waals surface area (Å²) >= 11 is 12.0. The monoisotopic (exact) mass is 524 g/mol. The van der Waals surface area contributed by atoms with Gasteiger partial charge in [-0.25, -0.2) is 14.8 Å². The Morgan fingerprint density at radius 3 is 2.55 bits per heavy atom. The summed E-state index contributed by atoms with van der Waals surface area (Å²) < 4.78 is 43.0. The Bertz CT molecular complexity index is 1030. The molecule has 1 saturated heterocycles. The second-order valence-electron chi connectivity index (χ2n) is 7.24. The number of fused-ring (bicyclic) bond motifs is 1. The van der Waals surface area contributed by atoms with Crippen molar-refractivity contribution < 1.29 is 32.6 Å². The molecule has 3 rings (SSSR count). The molecular weight excluding hydrogens is 498 g/mol. The van der Waals surface area contributed by atoms with Gasteiger partial charge in [-0.1, -0.05) is 11.6 Å². The van der Waals surface area contributed by atoms with E-state index < -0.39 is 31.2 Å². The van der Waals surface area contributed by atoms with Gasteiger partial charge in [0, 0.05) is 0 Å². The Balaban J connectivity index is 1.76. The quantitative estimate of drug-likeness (QED) is 0.181. The molecule has 14 heteroatoms. The Labute approximate surface area is 201 Å². The first-order chi connectivity index (χ1) is 15.7. The molecule has 2 aromatic rings. The summed E-state index contributed by atoms with van der Waals surface area (Å²) in [5.41, 5.74) is 0.855. The van der Waals surface area contributed by atoms with Gasteiger partial charge in [-0.05, 0) is 52.1 Å². The Hall–Kier alpha value is -1.33. The molecule has 184 valence electrons. The van der Waals surface area contributed by atoms with Crippen molar-refractivity contribution in [3.05, 3.63) is 16.8 Å². The van der Waals surface area contributed by atoms with E-state index in [9.17, 15) is 9.36 Å². The van der Waals surface area contributed by atoms with Gasteiger partial charge in [-0.2, -0.15) is 4.98 Å². The van der Waals surface area contributed by atoms with Gasteiger partial charge in [0.15, 0.2) is 10.8 Å². The van der Waals surface area contributed by atoms with Crippen LogP contribution in [-0.4, -0.2) is 63.4 Å². The second kappa shape index (κ2) is 10.9. The number of hydrogen-bond donors (Lipinski definition) is 0. The number of carbonyl (C=O) groups excluding carboxylic acids is 1. The number of imidazole rings is 1. The fourth-order valence-corrected chi connectivity index (χ4v) is 5.66. The number of ether oxygens (including phenoxy) is 3. The Kier molecular flexibility index (Phi) is 8.71. The molecule has 2 aromatic heterocycles. The molecule has 3 heterocycles. The molecular formula is C19H27Cl2N4O7P. The summed E-state index contributed by atoms with van der Waals surface area (Å²) in [5.74, 6) is -0.827. The van der Waals surface area contributed by atoms with E-state index in [1.807, 2.05) is 0 Å². The summed E-state index contributed by atoms with van der Waals surface area (Å²) in [6, 6.07) is 0. The molecule has 1 aliphatic heterocycles. The van der Waals surface area contributed by atoms with E-state index >= 15 is 0 Å². The number of halogens is 2. The summed E-state index contributed by atoms with van der Waals surface area (Å²) in [6.45, 7) is 6.48. The minimum Gasteiger partial charge on any atom is -0.463 e. The van der Waals surface area contributed by atoms with Gasteiger partial charge in [0.1, 0.15) is 11.7 Å². The lowest BCUT2D eigenvalue weighted by molar-refractivity contribution is -0.165. The van der Waals surface area contributed by atoms with Gasteiger partial charge < -0.3 is 23.3 Å². The van der Waals surface area contributed by atoms with Crippen LogP contribution in [0.25, 0.3) is 11.2 Å². The lowest BCUT2D eigenvalue weighted by Crippen LogP contribution is -2.43. The topological polar surface area (TPSA) is 124 Å². The van der Waals surface area contributed by atoms with E-state index in [2.05, 4.69) is 15.0 Å². The first-order valence-electron chi connectivity index (χ1n) is 10.6. The van der Waals surface area contributed by atoms with Crippen molar-refractivity contribution >= 4 is 47.9 Å². The van der Waals surface area contributed by atoms with Crippen molar-refractivity contribution in [2.75, 3.05) is 26.4 Å². The molecule has 33 heavy (non-hydrogen) atoms. The van der Waals surface area contributed by atoms with Crippen molar-refractivity contribution in [3.8, 4) is 0 Å². The minimum absolute atomic E-state index is 0.0000609. The maximum absolute atomic E-state index is 13.5. The maximum atomic E-state index is 13.5.